The molecule has 1 aliphatic heterocycles. The molecule has 152 valence electrons. The lowest BCUT2D eigenvalue weighted by molar-refractivity contribution is -0.117. The number of fused-ring (bicyclic) bond motifs is 1. The first-order chi connectivity index (χ1) is 14.4. The fraction of sp³-hybridized carbons (Fsp3) is 0.217. The summed E-state index contributed by atoms with van der Waals surface area (Å²) in [6.45, 7) is 4.52. The van der Waals surface area contributed by atoms with Gasteiger partial charge in [-0.3, -0.25) is 9.59 Å². The van der Waals surface area contributed by atoms with E-state index in [9.17, 15) is 19.2 Å². The number of aliphatic imine (C=N–C) groups is 1. The number of nitriles is 1. The van der Waals surface area contributed by atoms with Crippen molar-refractivity contribution in [2.75, 3.05) is 6.54 Å². The number of carbonyl (C=O) groups excluding carboxylic acids is 2. The predicted octanol–water partition coefficient (Wildman–Crippen LogP) is 3.41. The highest BCUT2D eigenvalue weighted by Crippen LogP contribution is 2.30. The van der Waals surface area contributed by atoms with Gasteiger partial charge in [-0.1, -0.05) is 50.2 Å². The third-order valence-electron chi connectivity index (χ3n) is 4.59. The third kappa shape index (κ3) is 4.44. The maximum absolute atomic E-state index is 13.9. The molecule has 0 unspecified atom stereocenters. The van der Waals surface area contributed by atoms with Gasteiger partial charge >= 0.3 is 0 Å². The minimum atomic E-state index is -0.664. The zero-order valence-corrected chi connectivity index (χ0v) is 16.7. The number of benzene rings is 2. The Kier molecular flexibility index (Phi) is 6.38. The quantitative estimate of drug-likeness (QED) is 0.591. The molecule has 0 fully saturated rings. The van der Waals surface area contributed by atoms with Crippen molar-refractivity contribution in [3.05, 3.63) is 76.6 Å². The second-order valence-corrected chi connectivity index (χ2v) is 7.21. The number of rotatable bonds is 5. The molecule has 0 aliphatic carbocycles. The van der Waals surface area contributed by atoms with E-state index in [4.69, 9.17) is 0 Å². The van der Waals surface area contributed by atoms with Crippen LogP contribution in [0, 0.1) is 23.1 Å². The van der Waals surface area contributed by atoms with Crippen molar-refractivity contribution in [2.24, 2.45) is 10.9 Å². The first-order valence-corrected chi connectivity index (χ1v) is 9.59. The van der Waals surface area contributed by atoms with Crippen molar-refractivity contribution >= 4 is 23.3 Å². The maximum atomic E-state index is 13.9. The molecule has 2 aromatic carbocycles. The average molecular weight is 404 g/mol. The van der Waals surface area contributed by atoms with Crippen LogP contribution < -0.4 is 10.6 Å². The van der Waals surface area contributed by atoms with E-state index >= 15 is 0 Å². The number of carbonyl (C=O) groups is 2. The number of amidine groups is 1. The van der Waals surface area contributed by atoms with Crippen molar-refractivity contribution < 1.29 is 14.0 Å². The zero-order valence-electron chi connectivity index (χ0n) is 16.7. The molecule has 2 aromatic rings. The van der Waals surface area contributed by atoms with Crippen LogP contribution in [-0.2, 0) is 4.79 Å². The van der Waals surface area contributed by atoms with Crippen molar-refractivity contribution in [1.82, 2.24) is 10.6 Å². The van der Waals surface area contributed by atoms with Gasteiger partial charge in [0, 0.05) is 17.7 Å². The Bertz CT molecular complexity index is 1100. The molecule has 0 bridgehead atoms. The highest BCUT2D eigenvalue weighted by atomic mass is 19.1. The van der Waals surface area contributed by atoms with Gasteiger partial charge in [0.2, 0.25) is 0 Å². The van der Waals surface area contributed by atoms with Crippen LogP contribution >= 0.6 is 0 Å². The van der Waals surface area contributed by atoms with Crippen LogP contribution in [0.15, 0.2) is 59.1 Å². The molecule has 0 saturated heterocycles. The summed E-state index contributed by atoms with van der Waals surface area (Å²) in [4.78, 5) is 29.4. The Labute approximate surface area is 174 Å². The smallest absolute Gasteiger partial charge is 0.264 e. The van der Waals surface area contributed by atoms with Crippen molar-refractivity contribution in [3.8, 4) is 6.07 Å². The number of hydrogen-bond donors (Lipinski definition) is 2. The molecule has 1 aliphatic rings. The minimum absolute atomic E-state index is 0.123. The fourth-order valence-electron chi connectivity index (χ4n) is 3.01. The molecule has 3 rings (SSSR count). The Morgan fingerprint density at radius 1 is 1.10 bits per heavy atom. The molecule has 30 heavy (non-hydrogen) atoms. The standard InChI is InChI=1S/C23H21FN4O2/c1-14(2)11-12-26-22(29)18(13-25)20-15-7-3-4-8-16(15)21(27-20)28-23(30)17-9-5-6-10-19(17)24/h3-10,14H,11-12H2,1-2H3,(H,26,29)(H,27,28,30). The number of amides is 2. The molecule has 7 heteroatoms. The van der Waals surface area contributed by atoms with Gasteiger partial charge in [0.25, 0.3) is 11.8 Å². The van der Waals surface area contributed by atoms with Crippen LogP contribution in [0.5, 0.6) is 0 Å². The number of nitrogens with one attached hydrogen (secondary N) is 2. The van der Waals surface area contributed by atoms with E-state index in [1.54, 1.807) is 30.3 Å². The minimum Gasteiger partial charge on any atom is -0.351 e. The molecule has 0 radical (unpaired) electrons. The van der Waals surface area contributed by atoms with Crippen LogP contribution in [0.1, 0.15) is 41.8 Å². The second kappa shape index (κ2) is 9.14. The van der Waals surface area contributed by atoms with Gasteiger partial charge in [0.15, 0.2) is 0 Å². The molecule has 0 spiro atoms. The lowest BCUT2D eigenvalue weighted by atomic mass is 10.0. The Morgan fingerprint density at radius 3 is 2.43 bits per heavy atom. The van der Waals surface area contributed by atoms with E-state index in [0.717, 1.165) is 6.42 Å². The van der Waals surface area contributed by atoms with E-state index in [-0.39, 0.29) is 22.7 Å². The number of nitrogens with zero attached hydrogens (tertiary/aromatic N) is 2. The summed E-state index contributed by atoms with van der Waals surface area (Å²) in [6, 6.07) is 14.5. The van der Waals surface area contributed by atoms with Gasteiger partial charge in [0.05, 0.1) is 11.3 Å². The zero-order chi connectivity index (χ0) is 21.7. The molecule has 0 saturated carbocycles. The van der Waals surface area contributed by atoms with E-state index < -0.39 is 17.6 Å². The Hall–Kier alpha value is -3.79. The molecule has 2 N–H and O–H groups in total. The molecule has 0 atom stereocenters. The van der Waals surface area contributed by atoms with Gasteiger partial charge in [-0.2, -0.15) is 5.26 Å². The SMILES string of the molecule is CC(C)CCNC(=O)C(C#N)=C1N=C(NC(=O)c2ccccc2F)c2ccccc21. The van der Waals surface area contributed by atoms with Gasteiger partial charge in [-0.15, -0.1) is 0 Å². The summed E-state index contributed by atoms with van der Waals surface area (Å²) in [5.74, 6) is -1.26. The van der Waals surface area contributed by atoms with E-state index in [1.807, 2.05) is 19.9 Å². The van der Waals surface area contributed by atoms with Crippen molar-refractivity contribution in [3.63, 3.8) is 0 Å². The topological polar surface area (TPSA) is 94.3 Å². The Morgan fingerprint density at radius 2 is 1.77 bits per heavy atom. The molecular weight excluding hydrogens is 383 g/mol. The van der Waals surface area contributed by atoms with Crippen LogP contribution in [0.3, 0.4) is 0 Å². The summed E-state index contributed by atoms with van der Waals surface area (Å²) in [7, 11) is 0. The monoisotopic (exact) mass is 404 g/mol. The second-order valence-electron chi connectivity index (χ2n) is 7.21. The maximum Gasteiger partial charge on any atom is 0.264 e. The summed E-state index contributed by atoms with van der Waals surface area (Å²) >= 11 is 0. The molecule has 1 heterocycles. The summed E-state index contributed by atoms with van der Waals surface area (Å²) in [6.07, 6.45) is 0.781. The first kappa shape index (κ1) is 20.9. The van der Waals surface area contributed by atoms with E-state index in [0.29, 0.717) is 23.6 Å². The van der Waals surface area contributed by atoms with Crippen LogP contribution in [-0.4, -0.2) is 24.2 Å². The van der Waals surface area contributed by atoms with Gasteiger partial charge in [-0.25, -0.2) is 9.38 Å². The van der Waals surface area contributed by atoms with Crippen LogP contribution in [0.4, 0.5) is 4.39 Å². The summed E-state index contributed by atoms with van der Waals surface area (Å²) in [5, 5.41) is 14.9. The largest absolute Gasteiger partial charge is 0.351 e. The number of halogens is 1. The lowest BCUT2D eigenvalue weighted by Gasteiger charge is -2.07. The summed E-state index contributed by atoms with van der Waals surface area (Å²) < 4.78 is 13.9. The molecular formula is C23H21FN4O2. The number of hydrogen-bond acceptors (Lipinski definition) is 4. The van der Waals surface area contributed by atoms with Gasteiger partial charge < -0.3 is 10.6 Å². The average Bonchev–Trinajstić information content (AvgIpc) is 3.07. The third-order valence-corrected chi connectivity index (χ3v) is 4.59. The van der Waals surface area contributed by atoms with Crippen molar-refractivity contribution in [1.29, 1.82) is 5.26 Å². The van der Waals surface area contributed by atoms with Crippen LogP contribution in [0.25, 0.3) is 5.70 Å². The van der Waals surface area contributed by atoms with E-state index in [2.05, 4.69) is 15.6 Å². The Balaban J connectivity index is 1.94. The van der Waals surface area contributed by atoms with E-state index in [1.165, 1.54) is 18.2 Å². The van der Waals surface area contributed by atoms with Gasteiger partial charge in [-0.05, 0) is 24.5 Å². The highest BCUT2D eigenvalue weighted by Gasteiger charge is 2.27. The van der Waals surface area contributed by atoms with Crippen LogP contribution in [0.2, 0.25) is 0 Å². The molecule has 6 nitrogen and oxygen atoms in total. The lowest BCUT2D eigenvalue weighted by Crippen LogP contribution is -2.31. The fourth-order valence-corrected chi connectivity index (χ4v) is 3.01. The first-order valence-electron chi connectivity index (χ1n) is 9.59. The molecule has 0 aromatic heterocycles. The predicted molar refractivity (Wildman–Crippen MR) is 112 cm³/mol. The highest BCUT2D eigenvalue weighted by molar-refractivity contribution is 6.20. The molecule has 2 amide bonds. The van der Waals surface area contributed by atoms with Crippen molar-refractivity contribution in [2.45, 2.75) is 20.3 Å². The van der Waals surface area contributed by atoms with Gasteiger partial charge in [0.1, 0.15) is 23.3 Å². The normalized spacial score (nSPS) is 13.9. The summed E-state index contributed by atoms with van der Waals surface area (Å²) in [5.41, 5.74) is 1.03.